The van der Waals surface area contributed by atoms with Crippen LogP contribution in [0.3, 0.4) is 0 Å². The zero-order valence-corrected chi connectivity index (χ0v) is 11.3. The second-order valence-corrected chi connectivity index (χ2v) is 5.49. The molecule has 16 heavy (non-hydrogen) atoms. The Kier molecular flexibility index (Phi) is 5.71. The summed E-state index contributed by atoms with van der Waals surface area (Å²) in [5.74, 6) is 1.66. The fourth-order valence-electron chi connectivity index (χ4n) is 1.61. The Morgan fingerprint density at radius 3 is 2.44 bits per heavy atom. The van der Waals surface area contributed by atoms with Crippen molar-refractivity contribution in [3.05, 3.63) is 24.3 Å². The third-order valence-corrected chi connectivity index (χ3v) is 3.47. The summed E-state index contributed by atoms with van der Waals surface area (Å²) in [7, 11) is 2.12. The minimum atomic E-state index is 0.537. The molecule has 0 radical (unpaired) electrons. The van der Waals surface area contributed by atoms with Gasteiger partial charge >= 0.3 is 0 Å². The van der Waals surface area contributed by atoms with Gasteiger partial charge in [0.1, 0.15) is 0 Å². The molecule has 1 rings (SSSR count). The first-order chi connectivity index (χ1) is 7.67. The van der Waals surface area contributed by atoms with Crippen molar-refractivity contribution in [1.29, 1.82) is 0 Å². The molecule has 1 aromatic carbocycles. The molecule has 0 bridgehead atoms. The Bertz CT molecular complexity index is 297. The standard InChI is InChI=1S/C13H22N2S/c1-4-16-13-7-5-12(6-8-13)15(3)10-11(2)9-14/h5-8,11H,4,9-10,14H2,1-3H3. The van der Waals surface area contributed by atoms with Gasteiger partial charge in [-0.25, -0.2) is 0 Å². The summed E-state index contributed by atoms with van der Waals surface area (Å²) < 4.78 is 0. The van der Waals surface area contributed by atoms with E-state index < -0.39 is 0 Å². The molecule has 90 valence electrons. The molecule has 2 N–H and O–H groups in total. The molecule has 2 nitrogen and oxygen atoms in total. The Hall–Kier alpha value is -0.670. The molecule has 0 aliphatic carbocycles. The summed E-state index contributed by atoms with van der Waals surface area (Å²) in [6, 6.07) is 8.74. The number of benzene rings is 1. The van der Waals surface area contributed by atoms with Gasteiger partial charge < -0.3 is 10.6 Å². The van der Waals surface area contributed by atoms with Crippen molar-refractivity contribution < 1.29 is 0 Å². The molecule has 0 saturated heterocycles. The average molecular weight is 238 g/mol. The maximum absolute atomic E-state index is 5.63. The van der Waals surface area contributed by atoms with Gasteiger partial charge in [0.25, 0.3) is 0 Å². The number of nitrogens with two attached hydrogens (primary N) is 1. The van der Waals surface area contributed by atoms with Crippen LogP contribution in [0.1, 0.15) is 13.8 Å². The molecule has 0 saturated carbocycles. The van der Waals surface area contributed by atoms with Crippen molar-refractivity contribution >= 4 is 17.4 Å². The van der Waals surface area contributed by atoms with Crippen molar-refractivity contribution in [3.8, 4) is 0 Å². The van der Waals surface area contributed by atoms with Gasteiger partial charge in [-0.05, 0) is 42.5 Å². The minimum Gasteiger partial charge on any atom is -0.374 e. The van der Waals surface area contributed by atoms with Crippen LogP contribution in [0.4, 0.5) is 5.69 Å². The van der Waals surface area contributed by atoms with Gasteiger partial charge in [-0.2, -0.15) is 0 Å². The van der Waals surface area contributed by atoms with Gasteiger partial charge in [-0.1, -0.05) is 13.8 Å². The smallest absolute Gasteiger partial charge is 0.0364 e. The van der Waals surface area contributed by atoms with Crippen LogP contribution in [-0.4, -0.2) is 25.9 Å². The molecule has 0 spiro atoms. The lowest BCUT2D eigenvalue weighted by molar-refractivity contribution is 0.590. The minimum absolute atomic E-state index is 0.537. The largest absolute Gasteiger partial charge is 0.374 e. The highest BCUT2D eigenvalue weighted by Gasteiger charge is 2.05. The number of hydrogen-bond acceptors (Lipinski definition) is 3. The molecule has 3 heteroatoms. The highest BCUT2D eigenvalue weighted by Crippen LogP contribution is 2.21. The highest BCUT2D eigenvalue weighted by atomic mass is 32.2. The van der Waals surface area contributed by atoms with Gasteiger partial charge in [-0.15, -0.1) is 11.8 Å². The number of hydrogen-bond donors (Lipinski definition) is 1. The van der Waals surface area contributed by atoms with Crippen LogP contribution in [0.15, 0.2) is 29.2 Å². The Morgan fingerprint density at radius 2 is 1.94 bits per heavy atom. The quantitative estimate of drug-likeness (QED) is 0.773. The number of anilines is 1. The average Bonchev–Trinajstić information content (AvgIpc) is 2.30. The van der Waals surface area contributed by atoms with Crippen molar-refractivity contribution in [3.63, 3.8) is 0 Å². The van der Waals surface area contributed by atoms with Gasteiger partial charge in [-0.3, -0.25) is 0 Å². The van der Waals surface area contributed by atoms with Crippen LogP contribution in [0, 0.1) is 5.92 Å². The lowest BCUT2D eigenvalue weighted by Crippen LogP contribution is -2.28. The predicted molar refractivity (Wildman–Crippen MR) is 74.3 cm³/mol. The molecule has 1 aromatic rings. The Morgan fingerprint density at radius 1 is 1.31 bits per heavy atom. The first kappa shape index (κ1) is 13.4. The zero-order valence-electron chi connectivity index (χ0n) is 10.4. The molecular formula is C13H22N2S. The maximum Gasteiger partial charge on any atom is 0.0364 e. The van der Waals surface area contributed by atoms with Crippen molar-refractivity contribution in [2.24, 2.45) is 11.7 Å². The predicted octanol–water partition coefficient (Wildman–Crippen LogP) is 2.83. The monoisotopic (exact) mass is 238 g/mol. The molecule has 0 aliphatic rings. The SMILES string of the molecule is CCSc1ccc(N(C)CC(C)CN)cc1. The Balaban J connectivity index is 2.59. The first-order valence-electron chi connectivity index (χ1n) is 5.81. The summed E-state index contributed by atoms with van der Waals surface area (Å²) in [5.41, 5.74) is 6.90. The van der Waals surface area contributed by atoms with E-state index in [0.29, 0.717) is 5.92 Å². The number of nitrogens with zero attached hydrogens (tertiary/aromatic N) is 1. The molecule has 0 aromatic heterocycles. The van der Waals surface area contributed by atoms with Gasteiger partial charge in [0, 0.05) is 24.2 Å². The van der Waals surface area contributed by atoms with Crippen LogP contribution >= 0.6 is 11.8 Å². The second kappa shape index (κ2) is 6.81. The highest BCUT2D eigenvalue weighted by molar-refractivity contribution is 7.99. The summed E-state index contributed by atoms with van der Waals surface area (Å²) in [5, 5.41) is 0. The van der Waals surface area contributed by atoms with E-state index >= 15 is 0 Å². The molecular weight excluding hydrogens is 216 g/mol. The van der Waals surface area contributed by atoms with E-state index in [9.17, 15) is 0 Å². The van der Waals surface area contributed by atoms with E-state index in [4.69, 9.17) is 5.73 Å². The van der Waals surface area contributed by atoms with Gasteiger partial charge in [0.05, 0.1) is 0 Å². The lowest BCUT2D eigenvalue weighted by Gasteiger charge is -2.22. The fraction of sp³-hybridized carbons (Fsp3) is 0.538. The number of rotatable bonds is 6. The van der Waals surface area contributed by atoms with Crippen LogP contribution < -0.4 is 10.6 Å². The van der Waals surface area contributed by atoms with Crippen molar-refractivity contribution in [2.75, 3.05) is 30.8 Å². The normalized spacial score (nSPS) is 12.5. The van der Waals surface area contributed by atoms with Crippen molar-refractivity contribution in [2.45, 2.75) is 18.7 Å². The molecule has 0 heterocycles. The Labute approximate surface area is 103 Å². The van der Waals surface area contributed by atoms with E-state index in [1.54, 1.807) is 0 Å². The maximum atomic E-state index is 5.63. The van der Waals surface area contributed by atoms with E-state index in [2.05, 4.69) is 50.1 Å². The van der Waals surface area contributed by atoms with Crippen LogP contribution in [-0.2, 0) is 0 Å². The van der Waals surface area contributed by atoms with Crippen LogP contribution in [0.5, 0.6) is 0 Å². The van der Waals surface area contributed by atoms with E-state index in [-0.39, 0.29) is 0 Å². The zero-order chi connectivity index (χ0) is 12.0. The topological polar surface area (TPSA) is 29.3 Å². The van der Waals surface area contributed by atoms with E-state index in [1.165, 1.54) is 10.6 Å². The molecule has 1 atom stereocenters. The summed E-state index contributed by atoms with van der Waals surface area (Å²) >= 11 is 1.88. The summed E-state index contributed by atoms with van der Waals surface area (Å²) in [4.78, 5) is 3.60. The fourth-order valence-corrected chi connectivity index (χ4v) is 2.27. The van der Waals surface area contributed by atoms with Gasteiger partial charge in [0.15, 0.2) is 0 Å². The molecule has 0 aliphatic heterocycles. The summed E-state index contributed by atoms with van der Waals surface area (Å²) in [6.07, 6.45) is 0. The molecule has 0 fully saturated rings. The van der Waals surface area contributed by atoms with E-state index in [1.807, 2.05) is 11.8 Å². The molecule has 0 amide bonds. The third-order valence-electron chi connectivity index (χ3n) is 2.58. The van der Waals surface area contributed by atoms with E-state index in [0.717, 1.165) is 18.8 Å². The van der Waals surface area contributed by atoms with Gasteiger partial charge in [0.2, 0.25) is 0 Å². The van der Waals surface area contributed by atoms with Crippen molar-refractivity contribution in [1.82, 2.24) is 0 Å². The lowest BCUT2D eigenvalue weighted by atomic mass is 10.1. The van der Waals surface area contributed by atoms with Crippen LogP contribution in [0.2, 0.25) is 0 Å². The second-order valence-electron chi connectivity index (χ2n) is 4.15. The van der Waals surface area contributed by atoms with Crippen LogP contribution in [0.25, 0.3) is 0 Å². The third kappa shape index (κ3) is 4.06. The summed E-state index contributed by atoms with van der Waals surface area (Å²) in [6.45, 7) is 6.11. The first-order valence-corrected chi connectivity index (χ1v) is 6.80. The molecule has 1 unspecified atom stereocenters. The number of thioether (sulfide) groups is 1.